The van der Waals surface area contributed by atoms with Crippen molar-refractivity contribution in [3.63, 3.8) is 0 Å². The van der Waals surface area contributed by atoms with E-state index in [0.717, 1.165) is 31.1 Å². The first-order valence-corrected chi connectivity index (χ1v) is 8.00. The highest BCUT2D eigenvalue weighted by atomic mass is 15.2. The maximum atomic E-state index is 4.89. The fraction of sp³-hybridized carbons (Fsp3) is 0.588. The summed E-state index contributed by atoms with van der Waals surface area (Å²) in [4.78, 5) is 7.34. The van der Waals surface area contributed by atoms with Crippen molar-refractivity contribution in [2.75, 3.05) is 18.0 Å². The number of anilines is 1. The van der Waals surface area contributed by atoms with Gasteiger partial charge in [0.15, 0.2) is 5.82 Å². The Labute approximate surface area is 127 Å². The predicted octanol–water partition coefficient (Wildman–Crippen LogP) is 3.21. The number of piperidine rings is 1. The second-order valence-electron chi connectivity index (χ2n) is 6.96. The first kappa shape index (κ1) is 14.4. The number of hydrogen-bond donors (Lipinski definition) is 1. The third-order valence-corrected chi connectivity index (χ3v) is 4.05. The Morgan fingerprint density at radius 3 is 2.62 bits per heavy atom. The van der Waals surface area contributed by atoms with Crippen LogP contribution in [0.3, 0.4) is 0 Å². The summed E-state index contributed by atoms with van der Waals surface area (Å²) >= 11 is 0. The monoisotopic (exact) mass is 286 g/mol. The molecule has 0 radical (unpaired) electrons. The molecule has 4 heteroatoms. The van der Waals surface area contributed by atoms with Crippen LogP contribution in [0.1, 0.15) is 45.7 Å². The summed E-state index contributed by atoms with van der Waals surface area (Å²) in [6, 6.07) is 6.23. The lowest BCUT2D eigenvalue weighted by atomic mass is 10.1. The molecule has 21 heavy (non-hydrogen) atoms. The van der Waals surface area contributed by atoms with Crippen molar-refractivity contribution in [1.82, 2.24) is 14.7 Å². The minimum Gasteiger partial charge on any atom is -0.355 e. The van der Waals surface area contributed by atoms with Gasteiger partial charge in [0, 0.05) is 31.4 Å². The van der Waals surface area contributed by atoms with Gasteiger partial charge in [-0.3, -0.25) is 0 Å². The lowest BCUT2D eigenvalue weighted by molar-refractivity contribution is 0.420. The second-order valence-corrected chi connectivity index (χ2v) is 6.96. The van der Waals surface area contributed by atoms with Crippen LogP contribution in [0.2, 0.25) is 0 Å². The van der Waals surface area contributed by atoms with Gasteiger partial charge in [-0.2, -0.15) is 0 Å². The predicted molar refractivity (Wildman–Crippen MR) is 87.8 cm³/mol. The topological polar surface area (TPSA) is 32.6 Å². The molecule has 3 rings (SSSR count). The number of hydrogen-bond acceptors (Lipinski definition) is 3. The van der Waals surface area contributed by atoms with E-state index in [1.807, 2.05) is 0 Å². The number of imidazole rings is 1. The smallest absolute Gasteiger partial charge is 0.152 e. The summed E-state index contributed by atoms with van der Waals surface area (Å²) in [5.41, 5.74) is 2.43. The Balaban J connectivity index is 1.97. The zero-order valence-electron chi connectivity index (χ0n) is 13.4. The van der Waals surface area contributed by atoms with Crippen molar-refractivity contribution in [2.24, 2.45) is 0 Å². The summed E-state index contributed by atoms with van der Waals surface area (Å²) in [6.07, 6.45) is 6.02. The molecule has 0 amide bonds. The van der Waals surface area contributed by atoms with Gasteiger partial charge in [0.1, 0.15) is 5.65 Å². The van der Waals surface area contributed by atoms with E-state index >= 15 is 0 Å². The average Bonchev–Trinajstić information content (AvgIpc) is 2.84. The maximum absolute atomic E-state index is 4.89. The summed E-state index contributed by atoms with van der Waals surface area (Å²) in [6.45, 7) is 9.73. The van der Waals surface area contributed by atoms with Crippen LogP contribution in [0.25, 0.3) is 5.65 Å². The number of nitrogens with zero attached hydrogens (tertiary/aromatic N) is 3. The number of fused-ring (bicyclic) bond motifs is 1. The van der Waals surface area contributed by atoms with E-state index in [1.54, 1.807) is 0 Å². The summed E-state index contributed by atoms with van der Waals surface area (Å²) in [5, 5.41) is 3.61. The Hall–Kier alpha value is -1.55. The molecule has 1 fully saturated rings. The van der Waals surface area contributed by atoms with E-state index in [-0.39, 0.29) is 5.54 Å². The molecule has 2 aromatic heterocycles. The highest BCUT2D eigenvalue weighted by Gasteiger charge is 2.21. The van der Waals surface area contributed by atoms with Crippen molar-refractivity contribution >= 4 is 11.5 Å². The minimum absolute atomic E-state index is 0.109. The van der Waals surface area contributed by atoms with E-state index < -0.39 is 0 Å². The van der Waals surface area contributed by atoms with Crippen LogP contribution >= 0.6 is 0 Å². The van der Waals surface area contributed by atoms with Crippen LogP contribution in [0.5, 0.6) is 0 Å². The van der Waals surface area contributed by atoms with Gasteiger partial charge >= 0.3 is 0 Å². The van der Waals surface area contributed by atoms with Gasteiger partial charge in [0.05, 0.1) is 5.69 Å². The molecule has 0 spiro atoms. The molecule has 0 atom stereocenters. The largest absolute Gasteiger partial charge is 0.355 e. The van der Waals surface area contributed by atoms with Gasteiger partial charge in [-0.15, -0.1) is 0 Å². The molecular weight excluding hydrogens is 260 g/mol. The van der Waals surface area contributed by atoms with Crippen molar-refractivity contribution in [2.45, 2.75) is 52.1 Å². The van der Waals surface area contributed by atoms with Crippen LogP contribution in [0.15, 0.2) is 24.4 Å². The lowest BCUT2D eigenvalue weighted by Crippen LogP contribution is -2.36. The zero-order valence-corrected chi connectivity index (χ0v) is 13.4. The van der Waals surface area contributed by atoms with E-state index in [4.69, 9.17) is 4.98 Å². The SMILES string of the molecule is CC(C)(C)NCc1c(N2CCCCC2)nc2ccccn12. The molecule has 1 N–H and O–H groups in total. The highest BCUT2D eigenvalue weighted by molar-refractivity contribution is 5.56. The number of aromatic nitrogens is 2. The molecule has 2 aromatic rings. The average molecular weight is 286 g/mol. The molecule has 1 aliphatic heterocycles. The summed E-state index contributed by atoms with van der Waals surface area (Å²) in [7, 11) is 0. The zero-order chi connectivity index (χ0) is 14.9. The van der Waals surface area contributed by atoms with Gasteiger partial charge in [0.2, 0.25) is 0 Å². The molecule has 4 nitrogen and oxygen atoms in total. The molecule has 1 aliphatic rings. The van der Waals surface area contributed by atoms with E-state index in [0.29, 0.717) is 0 Å². The van der Waals surface area contributed by atoms with Crippen molar-refractivity contribution in [1.29, 1.82) is 0 Å². The third-order valence-electron chi connectivity index (χ3n) is 4.05. The van der Waals surface area contributed by atoms with Gasteiger partial charge in [0.25, 0.3) is 0 Å². The van der Waals surface area contributed by atoms with Crippen LogP contribution in [0, 0.1) is 0 Å². The number of rotatable bonds is 3. The molecule has 3 heterocycles. The van der Waals surface area contributed by atoms with Crippen LogP contribution in [-0.2, 0) is 6.54 Å². The van der Waals surface area contributed by atoms with Crippen molar-refractivity contribution in [3.05, 3.63) is 30.1 Å². The van der Waals surface area contributed by atoms with Gasteiger partial charge in [-0.25, -0.2) is 4.98 Å². The lowest BCUT2D eigenvalue weighted by Gasteiger charge is -2.28. The minimum atomic E-state index is 0.109. The first-order chi connectivity index (χ1) is 10.0. The van der Waals surface area contributed by atoms with E-state index in [9.17, 15) is 0 Å². The third kappa shape index (κ3) is 3.21. The fourth-order valence-corrected chi connectivity index (χ4v) is 2.91. The van der Waals surface area contributed by atoms with Crippen LogP contribution < -0.4 is 10.2 Å². The molecule has 114 valence electrons. The summed E-state index contributed by atoms with van der Waals surface area (Å²) < 4.78 is 2.22. The number of pyridine rings is 1. The Bertz CT molecular complexity index is 603. The number of nitrogens with one attached hydrogen (secondary N) is 1. The maximum Gasteiger partial charge on any atom is 0.152 e. The Morgan fingerprint density at radius 1 is 1.14 bits per heavy atom. The van der Waals surface area contributed by atoms with Crippen LogP contribution in [0.4, 0.5) is 5.82 Å². The van der Waals surface area contributed by atoms with Gasteiger partial charge in [-0.05, 0) is 52.2 Å². The first-order valence-electron chi connectivity index (χ1n) is 8.00. The van der Waals surface area contributed by atoms with Crippen molar-refractivity contribution in [3.8, 4) is 0 Å². The Kier molecular flexibility index (Phi) is 3.89. The molecule has 0 saturated carbocycles. The molecule has 0 bridgehead atoms. The molecule has 0 aromatic carbocycles. The standard InChI is InChI=1S/C17H26N4/c1-17(2,3)18-13-14-16(20-10-6-4-7-11-20)19-15-9-5-8-12-21(14)15/h5,8-9,12,18H,4,6-7,10-11,13H2,1-3H3. The van der Waals surface area contributed by atoms with Gasteiger partial charge in [-0.1, -0.05) is 6.07 Å². The second kappa shape index (κ2) is 5.68. The highest BCUT2D eigenvalue weighted by Crippen LogP contribution is 2.25. The molecule has 1 saturated heterocycles. The van der Waals surface area contributed by atoms with Crippen LogP contribution in [-0.4, -0.2) is 28.0 Å². The quantitative estimate of drug-likeness (QED) is 0.940. The Morgan fingerprint density at radius 2 is 1.90 bits per heavy atom. The molecule has 0 aliphatic carbocycles. The van der Waals surface area contributed by atoms with E-state index in [1.165, 1.54) is 25.0 Å². The molecule has 0 unspecified atom stereocenters. The summed E-state index contributed by atoms with van der Waals surface area (Å²) in [5.74, 6) is 1.16. The van der Waals surface area contributed by atoms with Gasteiger partial charge < -0.3 is 14.6 Å². The van der Waals surface area contributed by atoms with E-state index in [2.05, 4.69) is 59.8 Å². The van der Waals surface area contributed by atoms with Crippen molar-refractivity contribution < 1.29 is 0 Å². The normalized spacial score (nSPS) is 16.6. The fourth-order valence-electron chi connectivity index (χ4n) is 2.91. The molecular formula is C17H26N4.